The topological polar surface area (TPSA) is 128 Å². The van der Waals surface area contributed by atoms with Gasteiger partial charge in [-0.1, -0.05) is 0 Å². The van der Waals surface area contributed by atoms with Crippen LogP contribution in [0.1, 0.15) is 25.7 Å². The van der Waals surface area contributed by atoms with Crippen LogP contribution in [-0.2, 0) is 14.8 Å². The van der Waals surface area contributed by atoms with Crippen LogP contribution in [0.15, 0.2) is 23.1 Å². The molecule has 0 radical (unpaired) electrons. The zero-order valence-electron chi connectivity index (χ0n) is 14.5. The van der Waals surface area contributed by atoms with Gasteiger partial charge >= 0.3 is 0 Å². The fourth-order valence-electron chi connectivity index (χ4n) is 3.64. The van der Waals surface area contributed by atoms with Gasteiger partial charge in [-0.25, -0.2) is 13.6 Å². The number of nitro benzene ring substituents is 1. The highest BCUT2D eigenvalue weighted by Crippen LogP contribution is 2.30. The summed E-state index contributed by atoms with van der Waals surface area (Å²) in [6.07, 6.45) is 3.87. The number of ether oxygens (including phenoxy) is 1. The van der Waals surface area contributed by atoms with E-state index >= 15 is 0 Å². The van der Waals surface area contributed by atoms with Gasteiger partial charge in [0.05, 0.1) is 9.82 Å². The molecule has 2 heterocycles. The number of nitro groups is 1. The van der Waals surface area contributed by atoms with E-state index in [4.69, 9.17) is 9.88 Å². The van der Waals surface area contributed by atoms with E-state index < -0.39 is 14.9 Å². The lowest BCUT2D eigenvalue weighted by Crippen LogP contribution is -2.46. The Bertz CT molecular complexity index is 756. The fraction of sp³-hybridized carbons (Fsp3) is 0.625. The Hall–Kier alpha value is -1.75. The fourth-order valence-corrected chi connectivity index (χ4v) is 4.17. The highest BCUT2D eigenvalue weighted by Gasteiger charge is 2.28. The maximum Gasteiger partial charge on any atom is 0.293 e. The van der Waals surface area contributed by atoms with Gasteiger partial charge in [0.1, 0.15) is 5.69 Å². The zero-order chi connectivity index (χ0) is 18.7. The molecule has 144 valence electrons. The Morgan fingerprint density at radius 3 is 2.42 bits per heavy atom. The van der Waals surface area contributed by atoms with Gasteiger partial charge in [-0.15, -0.1) is 0 Å². The number of nitrogens with zero attached hydrogens (tertiary/aromatic N) is 2. The summed E-state index contributed by atoms with van der Waals surface area (Å²) in [6.45, 7) is 3.49. The minimum atomic E-state index is -3.98. The first kappa shape index (κ1) is 19.0. The van der Waals surface area contributed by atoms with Crippen LogP contribution in [0.5, 0.6) is 0 Å². The van der Waals surface area contributed by atoms with Crippen molar-refractivity contribution >= 4 is 21.4 Å². The highest BCUT2D eigenvalue weighted by atomic mass is 32.2. The molecule has 3 N–H and O–H groups in total. The molecule has 9 nitrogen and oxygen atoms in total. The van der Waals surface area contributed by atoms with Gasteiger partial charge in [0.15, 0.2) is 0 Å². The molecule has 2 aliphatic rings. The van der Waals surface area contributed by atoms with Gasteiger partial charge in [-0.2, -0.15) is 0 Å². The van der Waals surface area contributed by atoms with Crippen LogP contribution in [0.3, 0.4) is 0 Å². The molecule has 10 heteroatoms. The summed E-state index contributed by atoms with van der Waals surface area (Å²) < 4.78 is 28.2. The molecule has 0 aliphatic carbocycles. The second-order valence-corrected chi connectivity index (χ2v) is 8.34. The van der Waals surface area contributed by atoms with E-state index in [2.05, 4.69) is 10.2 Å². The lowest BCUT2D eigenvalue weighted by Gasteiger charge is -2.39. The summed E-state index contributed by atoms with van der Waals surface area (Å²) in [6, 6.07) is 4.40. The van der Waals surface area contributed by atoms with Crippen LogP contribution >= 0.6 is 0 Å². The Labute approximate surface area is 152 Å². The van der Waals surface area contributed by atoms with E-state index in [1.807, 2.05) is 0 Å². The molecule has 0 unspecified atom stereocenters. The van der Waals surface area contributed by atoms with Crippen LogP contribution in [0.2, 0.25) is 0 Å². The Kier molecular flexibility index (Phi) is 5.76. The number of nitrogens with two attached hydrogens (primary N) is 1. The maximum absolute atomic E-state index is 11.4. The van der Waals surface area contributed by atoms with E-state index in [1.165, 1.54) is 12.1 Å². The second kappa shape index (κ2) is 7.87. The molecule has 2 fully saturated rings. The quantitative estimate of drug-likeness (QED) is 0.578. The number of nitrogens with one attached hydrogen (secondary N) is 1. The lowest BCUT2D eigenvalue weighted by molar-refractivity contribution is -0.384. The monoisotopic (exact) mass is 384 g/mol. The van der Waals surface area contributed by atoms with Crippen molar-refractivity contribution < 1.29 is 18.1 Å². The van der Waals surface area contributed by atoms with Crippen LogP contribution in [0.25, 0.3) is 0 Å². The normalized spacial score (nSPS) is 20.8. The van der Waals surface area contributed by atoms with Gasteiger partial charge in [0.25, 0.3) is 5.69 Å². The number of hydrogen-bond acceptors (Lipinski definition) is 7. The number of anilines is 1. The molecule has 0 aromatic heterocycles. The largest absolute Gasteiger partial charge is 0.381 e. The predicted molar refractivity (Wildman–Crippen MR) is 96.5 cm³/mol. The first-order valence-electron chi connectivity index (χ1n) is 8.74. The van der Waals surface area contributed by atoms with Crippen molar-refractivity contribution in [3.63, 3.8) is 0 Å². The average Bonchev–Trinajstić information content (AvgIpc) is 2.62. The van der Waals surface area contributed by atoms with Crippen molar-refractivity contribution in [3.05, 3.63) is 28.3 Å². The molecular weight excluding hydrogens is 360 g/mol. The Morgan fingerprint density at radius 2 is 1.85 bits per heavy atom. The van der Waals surface area contributed by atoms with Gasteiger partial charge in [0.2, 0.25) is 10.0 Å². The number of hydrogen-bond donors (Lipinski definition) is 2. The molecule has 3 rings (SSSR count). The number of sulfonamides is 1. The van der Waals surface area contributed by atoms with Crippen LogP contribution in [0, 0.1) is 10.1 Å². The standard InChI is InChI=1S/C16H24N4O5S/c17-26(23,24)14-1-2-15(16(11-14)20(21)22)18-12-3-7-19(8-4-12)13-5-9-25-10-6-13/h1-2,11-13,18H,3-10H2,(H2,17,23,24). The average molecular weight is 384 g/mol. The van der Waals surface area contributed by atoms with Crippen molar-refractivity contribution in [3.8, 4) is 0 Å². The van der Waals surface area contributed by atoms with Gasteiger partial charge in [-0.3, -0.25) is 10.1 Å². The number of likely N-dealkylation sites (tertiary alicyclic amines) is 1. The minimum absolute atomic E-state index is 0.116. The van der Waals surface area contributed by atoms with Crippen molar-refractivity contribution in [2.24, 2.45) is 5.14 Å². The molecule has 1 aromatic carbocycles. The van der Waals surface area contributed by atoms with E-state index in [9.17, 15) is 18.5 Å². The first-order valence-corrected chi connectivity index (χ1v) is 10.3. The zero-order valence-corrected chi connectivity index (χ0v) is 15.3. The number of rotatable bonds is 5. The smallest absolute Gasteiger partial charge is 0.293 e. The molecule has 1 aromatic rings. The molecule has 0 bridgehead atoms. The maximum atomic E-state index is 11.4. The van der Waals surface area contributed by atoms with E-state index in [-0.39, 0.29) is 16.6 Å². The molecule has 0 atom stereocenters. The molecule has 26 heavy (non-hydrogen) atoms. The second-order valence-electron chi connectivity index (χ2n) is 6.78. The predicted octanol–water partition coefficient (Wildman–Crippen LogP) is 1.30. The number of benzene rings is 1. The first-order chi connectivity index (χ1) is 12.3. The van der Waals surface area contributed by atoms with Crippen LogP contribution < -0.4 is 10.5 Å². The summed E-state index contributed by atoms with van der Waals surface area (Å²) in [5.74, 6) is 0. The summed E-state index contributed by atoms with van der Waals surface area (Å²) >= 11 is 0. The summed E-state index contributed by atoms with van der Waals surface area (Å²) in [5.41, 5.74) is 0.0512. The van der Waals surface area contributed by atoms with E-state index in [0.717, 1.165) is 58.1 Å². The summed E-state index contributed by atoms with van der Waals surface area (Å²) in [4.78, 5) is 12.9. The SMILES string of the molecule is NS(=O)(=O)c1ccc(NC2CCN(C3CCOCC3)CC2)c([N+](=O)[O-])c1. The molecular formula is C16H24N4O5S. The third-order valence-corrected chi connectivity index (χ3v) is 6.00. The third kappa shape index (κ3) is 4.50. The van der Waals surface area contributed by atoms with E-state index in [1.54, 1.807) is 0 Å². The molecule has 0 spiro atoms. The Morgan fingerprint density at radius 1 is 1.19 bits per heavy atom. The van der Waals surface area contributed by atoms with Crippen molar-refractivity contribution in [2.75, 3.05) is 31.6 Å². The van der Waals surface area contributed by atoms with Gasteiger partial charge < -0.3 is 15.0 Å². The van der Waals surface area contributed by atoms with Gasteiger partial charge in [-0.05, 0) is 37.8 Å². The minimum Gasteiger partial charge on any atom is -0.381 e. The van der Waals surface area contributed by atoms with Gasteiger partial charge in [0, 0.05) is 44.5 Å². The molecule has 0 saturated carbocycles. The lowest BCUT2D eigenvalue weighted by atomic mass is 9.99. The summed E-state index contributed by atoms with van der Waals surface area (Å²) in [5, 5.41) is 19.6. The summed E-state index contributed by atoms with van der Waals surface area (Å²) in [7, 11) is -3.98. The van der Waals surface area contributed by atoms with Crippen LogP contribution in [-0.4, -0.2) is 56.6 Å². The third-order valence-electron chi connectivity index (χ3n) is 5.09. The molecule has 0 amide bonds. The highest BCUT2D eigenvalue weighted by molar-refractivity contribution is 7.89. The Balaban J connectivity index is 1.65. The van der Waals surface area contributed by atoms with Crippen LogP contribution in [0.4, 0.5) is 11.4 Å². The van der Waals surface area contributed by atoms with Crippen molar-refractivity contribution in [1.29, 1.82) is 0 Å². The number of piperidine rings is 1. The number of primary sulfonamides is 1. The molecule has 2 aliphatic heterocycles. The van der Waals surface area contributed by atoms with Crippen molar-refractivity contribution in [2.45, 2.75) is 42.7 Å². The van der Waals surface area contributed by atoms with Crippen molar-refractivity contribution in [1.82, 2.24) is 4.90 Å². The molecule has 2 saturated heterocycles. The van der Waals surface area contributed by atoms with E-state index in [0.29, 0.717) is 11.7 Å².